The molecule has 2 aromatic carbocycles. The smallest absolute Gasteiger partial charge is 0.0535 e. The van der Waals surface area contributed by atoms with Crippen molar-refractivity contribution in [1.29, 1.82) is 0 Å². The second kappa shape index (κ2) is 5.13. The summed E-state index contributed by atoms with van der Waals surface area (Å²) in [7, 11) is 0. The number of hydrogen-bond donors (Lipinski definition) is 2. The van der Waals surface area contributed by atoms with Gasteiger partial charge in [0, 0.05) is 15.3 Å². The van der Waals surface area contributed by atoms with Gasteiger partial charge >= 0.3 is 0 Å². The molecule has 0 saturated carbocycles. The Hall–Kier alpha value is -1.07. The highest BCUT2D eigenvalue weighted by Gasteiger charge is 2.27. The summed E-state index contributed by atoms with van der Waals surface area (Å²) < 4.78 is 1.29. The van der Waals surface area contributed by atoms with Crippen molar-refractivity contribution >= 4 is 28.3 Å². The topological polar surface area (TPSA) is 38.0 Å². The molecule has 0 fully saturated rings. The van der Waals surface area contributed by atoms with Gasteiger partial charge in [0.05, 0.1) is 6.04 Å². The fourth-order valence-electron chi connectivity index (χ4n) is 2.69. The van der Waals surface area contributed by atoms with Gasteiger partial charge in [0.25, 0.3) is 0 Å². The first-order valence-corrected chi connectivity index (χ1v) is 7.60. The van der Waals surface area contributed by atoms with E-state index in [0.29, 0.717) is 6.04 Å². The third-order valence-electron chi connectivity index (χ3n) is 3.77. The second-order valence-electron chi connectivity index (χ2n) is 5.13. The molecule has 3 rings (SSSR count). The summed E-state index contributed by atoms with van der Waals surface area (Å²) in [5, 5.41) is 3.61. The van der Waals surface area contributed by atoms with E-state index in [1.54, 1.807) is 0 Å². The number of anilines is 1. The first kappa shape index (κ1) is 12.9. The molecule has 0 aliphatic heterocycles. The van der Waals surface area contributed by atoms with E-state index in [0.717, 1.165) is 6.42 Å². The van der Waals surface area contributed by atoms with Crippen LogP contribution in [0.2, 0.25) is 0 Å². The van der Waals surface area contributed by atoms with Gasteiger partial charge in [-0.05, 0) is 64.8 Å². The lowest BCUT2D eigenvalue weighted by Crippen LogP contribution is -2.10. The highest BCUT2D eigenvalue weighted by Crippen LogP contribution is 2.39. The third kappa shape index (κ3) is 2.49. The van der Waals surface area contributed by atoms with Crippen LogP contribution in [0.5, 0.6) is 0 Å². The molecule has 0 heterocycles. The molecule has 0 saturated heterocycles. The Bertz CT molecular complexity index is 609. The molecular formula is C16H17IN2. The maximum atomic E-state index is 6.20. The average molecular weight is 364 g/mol. The minimum Gasteiger partial charge on any atom is -0.378 e. The first-order chi connectivity index (χ1) is 9.15. The Morgan fingerprint density at radius 1 is 1.16 bits per heavy atom. The van der Waals surface area contributed by atoms with Gasteiger partial charge in [-0.3, -0.25) is 0 Å². The van der Waals surface area contributed by atoms with Crippen molar-refractivity contribution in [2.75, 3.05) is 5.32 Å². The molecule has 2 aromatic rings. The Morgan fingerprint density at radius 3 is 2.63 bits per heavy atom. The Labute approximate surface area is 127 Å². The zero-order valence-corrected chi connectivity index (χ0v) is 13.0. The summed E-state index contributed by atoms with van der Waals surface area (Å²) in [6.45, 7) is 2.13. The number of rotatable bonds is 2. The zero-order chi connectivity index (χ0) is 13.4. The standard InChI is InChI=1S/C16H17IN2/c1-10-6-7-11(8-14(10)17)19-16-9-15(18)12-4-2-3-5-13(12)16/h2-8,15-16,19H,9,18H2,1H3. The van der Waals surface area contributed by atoms with Gasteiger partial charge in [-0.25, -0.2) is 0 Å². The maximum absolute atomic E-state index is 6.20. The molecule has 0 spiro atoms. The third-order valence-corrected chi connectivity index (χ3v) is 4.94. The van der Waals surface area contributed by atoms with Crippen LogP contribution in [0.4, 0.5) is 5.69 Å². The zero-order valence-electron chi connectivity index (χ0n) is 10.9. The minimum atomic E-state index is 0.151. The summed E-state index contributed by atoms with van der Waals surface area (Å²) in [4.78, 5) is 0. The van der Waals surface area contributed by atoms with Crippen LogP contribution >= 0.6 is 22.6 Å². The fourth-order valence-corrected chi connectivity index (χ4v) is 3.21. The van der Waals surface area contributed by atoms with Crippen LogP contribution in [-0.4, -0.2) is 0 Å². The van der Waals surface area contributed by atoms with Gasteiger partial charge in [0.2, 0.25) is 0 Å². The van der Waals surface area contributed by atoms with E-state index in [-0.39, 0.29) is 6.04 Å². The van der Waals surface area contributed by atoms with Crippen LogP contribution in [0.15, 0.2) is 42.5 Å². The van der Waals surface area contributed by atoms with E-state index in [1.807, 2.05) is 0 Å². The molecule has 0 aromatic heterocycles. The fraction of sp³-hybridized carbons (Fsp3) is 0.250. The van der Waals surface area contributed by atoms with Crippen LogP contribution < -0.4 is 11.1 Å². The van der Waals surface area contributed by atoms with Crippen LogP contribution in [0.3, 0.4) is 0 Å². The van der Waals surface area contributed by atoms with Crippen molar-refractivity contribution in [2.45, 2.75) is 25.4 Å². The van der Waals surface area contributed by atoms with Crippen molar-refractivity contribution in [3.8, 4) is 0 Å². The van der Waals surface area contributed by atoms with Gasteiger partial charge in [-0.15, -0.1) is 0 Å². The van der Waals surface area contributed by atoms with Crippen LogP contribution in [0.25, 0.3) is 0 Å². The summed E-state index contributed by atoms with van der Waals surface area (Å²) >= 11 is 2.38. The Morgan fingerprint density at radius 2 is 1.89 bits per heavy atom. The SMILES string of the molecule is Cc1ccc(NC2CC(N)c3ccccc32)cc1I. The van der Waals surface area contributed by atoms with E-state index >= 15 is 0 Å². The molecule has 2 unspecified atom stereocenters. The van der Waals surface area contributed by atoms with E-state index in [2.05, 4.69) is 77.3 Å². The largest absolute Gasteiger partial charge is 0.378 e. The molecule has 0 amide bonds. The number of nitrogens with one attached hydrogen (secondary N) is 1. The quantitative estimate of drug-likeness (QED) is 0.786. The first-order valence-electron chi connectivity index (χ1n) is 6.52. The molecule has 0 radical (unpaired) electrons. The summed E-state index contributed by atoms with van der Waals surface area (Å²) in [6, 6.07) is 15.4. The molecule has 2 atom stereocenters. The summed E-state index contributed by atoms with van der Waals surface area (Å²) in [5.41, 5.74) is 11.3. The predicted molar refractivity (Wildman–Crippen MR) is 88.2 cm³/mol. The van der Waals surface area contributed by atoms with Crippen LogP contribution in [-0.2, 0) is 0 Å². The van der Waals surface area contributed by atoms with E-state index in [9.17, 15) is 0 Å². The van der Waals surface area contributed by atoms with Crippen LogP contribution in [0, 0.1) is 10.5 Å². The van der Waals surface area contributed by atoms with E-state index in [4.69, 9.17) is 5.73 Å². The number of fused-ring (bicyclic) bond motifs is 1. The lowest BCUT2D eigenvalue weighted by atomic mass is 10.1. The second-order valence-corrected chi connectivity index (χ2v) is 6.29. The van der Waals surface area contributed by atoms with E-state index in [1.165, 1.54) is 25.9 Å². The van der Waals surface area contributed by atoms with Crippen molar-refractivity contribution in [2.24, 2.45) is 5.73 Å². The molecule has 3 heteroatoms. The van der Waals surface area contributed by atoms with Crippen LogP contribution in [0.1, 0.15) is 35.2 Å². The van der Waals surface area contributed by atoms with Gasteiger partial charge in [-0.1, -0.05) is 30.3 Å². The van der Waals surface area contributed by atoms with Gasteiger partial charge < -0.3 is 11.1 Å². The number of aryl methyl sites for hydroxylation is 1. The summed E-state index contributed by atoms with van der Waals surface area (Å²) in [6.07, 6.45) is 0.962. The molecule has 1 aliphatic carbocycles. The average Bonchev–Trinajstić information content (AvgIpc) is 2.72. The summed E-state index contributed by atoms with van der Waals surface area (Å²) in [5.74, 6) is 0. The number of benzene rings is 2. The van der Waals surface area contributed by atoms with E-state index < -0.39 is 0 Å². The monoisotopic (exact) mass is 364 g/mol. The maximum Gasteiger partial charge on any atom is 0.0535 e. The van der Waals surface area contributed by atoms with Crippen molar-refractivity contribution < 1.29 is 0 Å². The lowest BCUT2D eigenvalue weighted by molar-refractivity contribution is 0.648. The van der Waals surface area contributed by atoms with Crippen molar-refractivity contribution in [3.05, 3.63) is 62.7 Å². The molecule has 0 bridgehead atoms. The Balaban J connectivity index is 1.87. The normalized spacial score (nSPS) is 21.2. The van der Waals surface area contributed by atoms with Gasteiger partial charge in [0.15, 0.2) is 0 Å². The highest BCUT2D eigenvalue weighted by atomic mass is 127. The van der Waals surface area contributed by atoms with Crippen molar-refractivity contribution in [3.63, 3.8) is 0 Å². The molecule has 98 valence electrons. The van der Waals surface area contributed by atoms with Gasteiger partial charge in [-0.2, -0.15) is 0 Å². The molecule has 3 N–H and O–H groups in total. The number of nitrogens with two attached hydrogens (primary N) is 1. The molecule has 19 heavy (non-hydrogen) atoms. The molecule has 2 nitrogen and oxygen atoms in total. The number of hydrogen-bond acceptors (Lipinski definition) is 2. The van der Waals surface area contributed by atoms with Gasteiger partial charge in [0.1, 0.15) is 0 Å². The number of halogens is 1. The molecular weight excluding hydrogens is 347 g/mol. The highest BCUT2D eigenvalue weighted by molar-refractivity contribution is 14.1. The Kier molecular flexibility index (Phi) is 3.50. The molecule has 1 aliphatic rings. The predicted octanol–water partition coefficient (Wildman–Crippen LogP) is 4.16. The minimum absolute atomic E-state index is 0.151. The van der Waals surface area contributed by atoms with Crippen molar-refractivity contribution in [1.82, 2.24) is 0 Å². The lowest BCUT2D eigenvalue weighted by Gasteiger charge is -2.16.